The van der Waals surface area contributed by atoms with Crippen LogP contribution in [0.5, 0.6) is 0 Å². The maximum absolute atomic E-state index is 10.7. The van der Waals surface area contributed by atoms with E-state index in [1.54, 1.807) is 0 Å². The highest BCUT2D eigenvalue weighted by Gasteiger charge is 2.57. The molecule has 2 aliphatic rings. The number of fused-ring (bicyclic) bond motifs is 1. The first-order chi connectivity index (χ1) is 12.1. The van der Waals surface area contributed by atoms with Crippen LogP contribution in [0.25, 0.3) is 0 Å². The van der Waals surface area contributed by atoms with Gasteiger partial charge in [0, 0.05) is 18.1 Å². The third kappa shape index (κ3) is 3.26. The van der Waals surface area contributed by atoms with Crippen molar-refractivity contribution in [3.8, 4) is 0 Å². The lowest BCUT2D eigenvalue weighted by atomic mass is 9.88. The van der Waals surface area contributed by atoms with Crippen LogP contribution in [0.2, 0.25) is 0 Å². The molecule has 4 rings (SSSR count). The van der Waals surface area contributed by atoms with Gasteiger partial charge in [-0.1, -0.05) is 60.7 Å². The molecular weight excluding hydrogens is 306 g/mol. The Labute approximate surface area is 151 Å². The molecule has 2 aromatic rings. The van der Waals surface area contributed by atoms with E-state index in [4.69, 9.17) is 0 Å². The van der Waals surface area contributed by atoms with Gasteiger partial charge >= 0.3 is 0 Å². The van der Waals surface area contributed by atoms with Gasteiger partial charge in [-0.2, -0.15) is 0 Å². The van der Waals surface area contributed by atoms with E-state index in [0.717, 1.165) is 12.8 Å². The number of aliphatic hydroxyl groups is 1. The Morgan fingerprint density at radius 2 is 1.36 bits per heavy atom. The normalized spacial score (nSPS) is 30.6. The van der Waals surface area contributed by atoms with Crippen molar-refractivity contribution in [2.75, 3.05) is 0 Å². The van der Waals surface area contributed by atoms with E-state index in [0.29, 0.717) is 24.0 Å². The molecule has 2 unspecified atom stereocenters. The van der Waals surface area contributed by atoms with Crippen molar-refractivity contribution < 1.29 is 5.11 Å². The molecule has 1 N–H and O–H groups in total. The fourth-order valence-corrected chi connectivity index (χ4v) is 4.92. The van der Waals surface area contributed by atoms with Crippen LogP contribution in [-0.2, 0) is 0 Å². The second kappa shape index (κ2) is 6.59. The molecule has 0 spiro atoms. The summed E-state index contributed by atoms with van der Waals surface area (Å²) in [6, 6.07) is 22.7. The molecule has 2 nitrogen and oxygen atoms in total. The van der Waals surface area contributed by atoms with E-state index in [1.165, 1.54) is 24.0 Å². The molecule has 2 aromatic carbocycles. The second-order valence-corrected chi connectivity index (χ2v) is 8.06. The standard InChI is InChI=1S/C23H29NO/c1-17(19-9-5-3-6-10-19)24(18(2)20-11-7-4-8-12-20)22-14-13-21-15-23(21,25)16-22/h3-12,17-18,21-22,25H,13-16H2,1-2H3/t17-,18-,21?,22-,23?/m0/s1. The van der Waals surface area contributed by atoms with Crippen LogP contribution >= 0.6 is 0 Å². The van der Waals surface area contributed by atoms with E-state index in [2.05, 4.69) is 79.4 Å². The monoisotopic (exact) mass is 335 g/mol. The van der Waals surface area contributed by atoms with Crippen LogP contribution < -0.4 is 0 Å². The predicted octanol–water partition coefficient (Wildman–Crippen LogP) is 5.11. The third-order valence-electron chi connectivity index (χ3n) is 6.52. The molecule has 0 heterocycles. The van der Waals surface area contributed by atoms with Gasteiger partial charge in [-0.25, -0.2) is 0 Å². The van der Waals surface area contributed by atoms with Crippen LogP contribution in [0.4, 0.5) is 0 Å². The lowest BCUT2D eigenvalue weighted by molar-refractivity contribution is 0.00926. The molecule has 2 fully saturated rings. The van der Waals surface area contributed by atoms with E-state index in [-0.39, 0.29) is 5.60 Å². The summed E-state index contributed by atoms with van der Waals surface area (Å²) in [5.41, 5.74) is 2.33. The Bertz CT molecular complexity index is 655. The lowest BCUT2D eigenvalue weighted by Crippen LogP contribution is -2.43. The minimum atomic E-state index is -0.381. The van der Waals surface area contributed by atoms with Gasteiger partial charge in [0.1, 0.15) is 0 Å². The van der Waals surface area contributed by atoms with Crippen molar-refractivity contribution in [1.82, 2.24) is 4.90 Å². The lowest BCUT2D eigenvalue weighted by Gasteiger charge is -2.44. The molecule has 0 aromatic heterocycles. The summed E-state index contributed by atoms with van der Waals surface area (Å²) in [5.74, 6) is 0.560. The minimum absolute atomic E-state index is 0.334. The Balaban J connectivity index is 1.65. The fraction of sp³-hybridized carbons (Fsp3) is 0.478. The number of rotatable bonds is 5. The molecule has 0 aliphatic heterocycles. The smallest absolute Gasteiger partial charge is 0.0695 e. The Kier molecular flexibility index (Phi) is 4.43. The maximum Gasteiger partial charge on any atom is 0.0695 e. The Morgan fingerprint density at radius 3 is 1.84 bits per heavy atom. The zero-order chi connectivity index (χ0) is 17.4. The molecular formula is C23H29NO. The van der Waals surface area contributed by atoms with Crippen molar-refractivity contribution in [3.05, 3.63) is 71.8 Å². The molecule has 0 amide bonds. The van der Waals surface area contributed by atoms with Crippen molar-refractivity contribution in [3.63, 3.8) is 0 Å². The van der Waals surface area contributed by atoms with Crippen LogP contribution in [-0.4, -0.2) is 21.6 Å². The van der Waals surface area contributed by atoms with Crippen LogP contribution in [0.15, 0.2) is 60.7 Å². The fourth-order valence-electron chi connectivity index (χ4n) is 4.92. The maximum atomic E-state index is 10.7. The molecule has 5 atom stereocenters. The van der Waals surface area contributed by atoms with Gasteiger partial charge in [0.15, 0.2) is 0 Å². The van der Waals surface area contributed by atoms with Gasteiger partial charge in [0.25, 0.3) is 0 Å². The first-order valence-electron chi connectivity index (χ1n) is 9.68. The largest absolute Gasteiger partial charge is 0.390 e. The summed E-state index contributed by atoms with van der Waals surface area (Å²) in [4.78, 5) is 2.65. The zero-order valence-electron chi connectivity index (χ0n) is 15.3. The molecule has 2 heteroatoms. The number of hydrogen-bond acceptors (Lipinski definition) is 2. The molecule has 2 saturated carbocycles. The summed E-state index contributed by atoms with van der Waals surface area (Å²) in [6.45, 7) is 4.63. The van der Waals surface area contributed by atoms with E-state index >= 15 is 0 Å². The van der Waals surface area contributed by atoms with Crippen LogP contribution in [0.3, 0.4) is 0 Å². The van der Waals surface area contributed by atoms with Crippen molar-refractivity contribution in [1.29, 1.82) is 0 Å². The van der Waals surface area contributed by atoms with Crippen LogP contribution in [0.1, 0.15) is 62.7 Å². The Hall–Kier alpha value is -1.64. The Morgan fingerprint density at radius 1 is 0.840 bits per heavy atom. The summed E-state index contributed by atoms with van der Waals surface area (Å²) in [5, 5.41) is 10.7. The summed E-state index contributed by atoms with van der Waals surface area (Å²) in [6.07, 6.45) is 4.30. The van der Waals surface area contributed by atoms with E-state index in [9.17, 15) is 5.11 Å². The molecule has 2 aliphatic carbocycles. The summed E-state index contributed by atoms with van der Waals surface area (Å²) in [7, 11) is 0. The molecule has 0 radical (unpaired) electrons. The van der Waals surface area contributed by atoms with E-state index < -0.39 is 0 Å². The van der Waals surface area contributed by atoms with Gasteiger partial charge in [0.05, 0.1) is 5.60 Å². The zero-order valence-corrected chi connectivity index (χ0v) is 15.3. The van der Waals surface area contributed by atoms with Crippen molar-refractivity contribution in [2.45, 2.75) is 63.3 Å². The second-order valence-electron chi connectivity index (χ2n) is 8.06. The van der Waals surface area contributed by atoms with Gasteiger partial charge in [0.2, 0.25) is 0 Å². The van der Waals surface area contributed by atoms with Gasteiger partial charge in [-0.05, 0) is 56.6 Å². The highest BCUT2D eigenvalue weighted by Crippen LogP contribution is 2.55. The predicted molar refractivity (Wildman–Crippen MR) is 102 cm³/mol. The number of hydrogen-bond donors (Lipinski definition) is 1. The molecule has 0 saturated heterocycles. The molecule has 25 heavy (non-hydrogen) atoms. The topological polar surface area (TPSA) is 23.5 Å². The highest BCUT2D eigenvalue weighted by molar-refractivity contribution is 5.23. The first kappa shape index (κ1) is 16.8. The number of nitrogens with zero attached hydrogens (tertiary/aromatic N) is 1. The third-order valence-corrected chi connectivity index (χ3v) is 6.52. The van der Waals surface area contributed by atoms with Gasteiger partial charge in [-0.3, -0.25) is 4.90 Å². The average molecular weight is 335 g/mol. The molecule has 132 valence electrons. The average Bonchev–Trinajstić information content (AvgIpc) is 3.34. The van der Waals surface area contributed by atoms with E-state index in [1.807, 2.05) is 0 Å². The summed E-state index contributed by atoms with van der Waals surface area (Å²) < 4.78 is 0. The first-order valence-corrected chi connectivity index (χ1v) is 9.68. The molecule has 0 bridgehead atoms. The SMILES string of the molecule is C[C@@H](c1ccccc1)N([C@H]1CCC2CC2(O)C1)[C@@H](C)c1ccccc1. The van der Waals surface area contributed by atoms with Gasteiger partial charge in [-0.15, -0.1) is 0 Å². The summed E-state index contributed by atoms with van der Waals surface area (Å²) >= 11 is 0. The minimum Gasteiger partial charge on any atom is -0.390 e. The van der Waals surface area contributed by atoms with Crippen molar-refractivity contribution in [2.24, 2.45) is 5.92 Å². The highest BCUT2D eigenvalue weighted by atomic mass is 16.3. The quantitative estimate of drug-likeness (QED) is 0.820. The van der Waals surface area contributed by atoms with Gasteiger partial charge < -0.3 is 5.11 Å². The number of benzene rings is 2. The van der Waals surface area contributed by atoms with Crippen molar-refractivity contribution >= 4 is 0 Å². The van der Waals surface area contributed by atoms with Crippen LogP contribution in [0, 0.1) is 5.92 Å².